The Bertz CT molecular complexity index is 511. The molecule has 2 heterocycles. The highest BCUT2D eigenvalue weighted by molar-refractivity contribution is 5.99. The minimum absolute atomic E-state index is 0.181. The highest BCUT2D eigenvalue weighted by Crippen LogP contribution is 2.26. The number of anilines is 1. The zero-order valence-corrected chi connectivity index (χ0v) is 10.8. The van der Waals surface area contributed by atoms with E-state index in [1.54, 1.807) is 0 Å². The topological polar surface area (TPSA) is 41.6 Å². The fourth-order valence-corrected chi connectivity index (χ4v) is 2.80. The summed E-state index contributed by atoms with van der Waals surface area (Å²) in [5.74, 6) is 0.345. The van der Waals surface area contributed by atoms with Crippen LogP contribution in [-0.4, -0.2) is 25.3 Å². The van der Waals surface area contributed by atoms with E-state index >= 15 is 0 Å². The normalized spacial score (nSPS) is 20.4. The molecule has 0 aromatic heterocycles. The first-order chi connectivity index (χ1) is 9.22. The Labute approximate surface area is 112 Å². The molecule has 0 saturated carbocycles. The standard InChI is InChI=1S/C15H18FN3/c16-12-1-3-14(4-2-12)19-7-5-11(6-8-19)15-9-13(17)10-18-15/h1-4,9,11H,5-8,10,17H2. The van der Waals surface area contributed by atoms with E-state index in [-0.39, 0.29) is 5.82 Å². The van der Waals surface area contributed by atoms with Crippen molar-refractivity contribution in [3.8, 4) is 0 Å². The molecule has 0 spiro atoms. The number of hydrogen-bond acceptors (Lipinski definition) is 3. The maximum Gasteiger partial charge on any atom is 0.123 e. The van der Waals surface area contributed by atoms with Crippen molar-refractivity contribution in [1.82, 2.24) is 0 Å². The van der Waals surface area contributed by atoms with E-state index < -0.39 is 0 Å². The fraction of sp³-hybridized carbons (Fsp3) is 0.400. The van der Waals surface area contributed by atoms with Crippen LogP contribution in [-0.2, 0) is 0 Å². The van der Waals surface area contributed by atoms with Gasteiger partial charge in [0.1, 0.15) is 5.82 Å². The lowest BCUT2D eigenvalue weighted by Gasteiger charge is -2.33. The molecular weight excluding hydrogens is 241 g/mol. The van der Waals surface area contributed by atoms with Crippen LogP contribution in [0.4, 0.5) is 10.1 Å². The second-order valence-electron chi connectivity index (χ2n) is 5.20. The zero-order chi connectivity index (χ0) is 13.2. The number of nitrogens with two attached hydrogens (primary N) is 1. The average Bonchev–Trinajstić information content (AvgIpc) is 2.87. The Balaban J connectivity index is 1.62. The lowest BCUT2D eigenvalue weighted by atomic mass is 9.91. The third kappa shape index (κ3) is 2.62. The molecule has 0 atom stereocenters. The van der Waals surface area contributed by atoms with Crippen LogP contribution in [0.25, 0.3) is 0 Å². The molecule has 0 bridgehead atoms. The Morgan fingerprint density at radius 2 is 1.84 bits per heavy atom. The molecule has 100 valence electrons. The highest BCUT2D eigenvalue weighted by Gasteiger charge is 2.24. The molecule has 2 aliphatic rings. The Hall–Kier alpha value is -1.84. The van der Waals surface area contributed by atoms with Gasteiger partial charge in [-0.05, 0) is 43.2 Å². The van der Waals surface area contributed by atoms with Crippen molar-refractivity contribution >= 4 is 11.4 Å². The van der Waals surface area contributed by atoms with Gasteiger partial charge in [0, 0.05) is 36.1 Å². The van der Waals surface area contributed by atoms with Crippen LogP contribution >= 0.6 is 0 Å². The van der Waals surface area contributed by atoms with Crippen LogP contribution in [0, 0.1) is 11.7 Å². The second kappa shape index (κ2) is 5.03. The first-order valence-electron chi connectivity index (χ1n) is 6.73. The van der Waals surface area contributed by atoms with E-state index in [9.17, 15) is 4.39 Å². The van der Waals surface area contributed by atoms with Crippen LogP contribution < -0.4 is 10.6 Å². The average molecular weight is 259 g/mol. The molecule has 0 amide bonds. The molecule has 4 heteroatoms. The number of rotatable bonds is 2. The van der Waals surface area contributed by atoms with Crippen molar-refractivity contribution in [2.24, 2.45) is 16.6 Å². The quantitative estimate of drug-likeness (QED) is 0.885. The van der Waals surface area contributed by atoms with Gasteiger partial charge in [-0.15, -0.1) is 0 Å². The summed E-state index contributed by atoms with van der Waals surface area (Å²) in [6.07, 6.45) is 4.19. The van der Waals surface area contributed by atoms with Gasteiger partial charge in [0.05, 0.1) is 6.54 Å². The zero-order valence-electron chi connectivity index (χ0n) is 10.8. The van der Waals surface area contributed by atoms with Gasteiger partial charge in [0.15, 0.2) is 0 Å². The van der Waals surface area contributed by atoms with Crippen LogP contribution in [0.5, 0.6) is 0 Å². The molecule has 1 saturated heterocycles. The third-order valence-corrected chi connectivity index (χ3v) is 3.88. The Kier molecular flexibility index (Phi) is 3.23. The summed E-state index contributed by atoms with van der Waals surface area (Å²) in [5, 5.41) is 0. The van der Waals surface area contributed by atoms with Crippen molar-refractivity contribution in [3.63, 3.8) is 0 Å². The lowest BCUT2D eigenvalue weighted by Crippen LogP contribution is -2.35. The van der Waals surface area contributed by atoms with Gasteiger partial charge in [0.2, 0.25) is 0 Å². The third-order valence-electron chi connectivity index (χ3n) is 3.88. The van der Waals surface area contributed by atoms with Crippen molar-refractivity contribution in [2.75, 3.05) is 24.5 Å². The molecule has 0 unspecified atom stereocenters. The fourth-order valence-electron chi connectivity index (χ4n) is 2.80. The summed E-state index contributed by atoms with van der Waals surface area (Å²) in [4.78, 5) is 6.78. The summed E-state index contributed by atoms with van der Waals surface area (Å²) in [7, 11) is 0. The summed E-state index contributed by atoms with van der Waals surface area (Å²) >= 11 is 0. The largest absolute Gasteiger partial charge is 0.400 e. The molecule has 1 aromatic rings. The Morgan fingerprint density at radius 3 is 2.42 bits per heavy atom. The summed E-state index contributed by atoms with van der Waals surface area (Å²) in [6, 6.07) is 6.74. The summed E-state index contributed by atoms with van der Waals surface area (Å²) < 4.78 is 12.9. The van der Waals surface area contributed by atoms with E-state index in [0.29, 0.717) is 12.5 Å². The van der Waals surface area contributed by atoms with Crippen molar-refractivity contribution in [3.05, 3.63) is 41.9 Å². The molecule has 1 aromatic carbocycles. The van der Waals surface area contributed by atoms with Crippen LogP contribution in [0.15, 0.2) is 41.0 Å². The first-order valence-corrected chi connectivity index (χ1v) is 6.73. The number of hydrogen-bond donors (Lipinski definition) is 1. The molecule has 19 heavy (non-hydrogen) atoms. The molecule has 0 radical (unpaired) electrons. The number of nitrogens with zero attached hydrogens (tertiary/aromatic N) is 2. The second-order valence-corrected chi connectivity index (χ2v) is 5.20. The van der Waals surface area contributed by atoms with E-state index in [1.807, 2.05) is 18.2 Å². The maximum atomic E-state index is 12.9. The predicted molar refractivity (Wildman–Crippen MR) is 75.9 cm³/mol. The molecular formula is C15H18FN3. The molecule has 3 rings (SSSR count). The molecule has 1 fully saturated rings. The Morgan fingerprint density at radius 1 is 1.16 bits per heavy atom. The van der Waals surface area contributed by atoms with E-state index in [0.717, 1.165) is 43.0 Å². The van der Waals surface area contributed by atoms with Gasteiger partial charge < -0.3 is 10.6 Å². The monoisotopic (exact) mass is 259 g/mol. The number of benzene rings is 1. The van der Waals surface area contributed by atoms with Gasteiger partial charge in [-0.1, -0.05) is 0 Å². The van der Waals surface area contributed by atoms with Crippen LogP contribution in [0.2, 0.25) is 0 Å². The van der Waals surface area contributed by atoms with Gasteiger partial charge in [0.25, 0.3) is 0 Å². The minimum Gasteiger partial charge on any atom is -0.400 e. The van der Waals surface area contributed by atoms with E-state index in [2.05, 4.69) is 9.89 Å². The predicted octanol–water partition coefficient (Wildman–Crippen LogP) is 2.34. The number of piperidine rings is 1. The van der Waals surface area contributed by atoms with Gasteiger partial charge in [-0.25, -0.2) is 4.39 Å². The highest BCUT2D eigenvalue weighted by atomic mass is 19.1. The minimum atomic E-state index is -0.181. The number of aliphatic imine (C=N–C) groups is 1. The van der Waals surface area contributed by atoms with Crippen LogP contribution in [0.3, 0.4) is 0 Å². The summed E-state index contributed by atoms with van der Waals surface area (Å²) in [5.41, 5.74) is 8.90. The molecule has 2 aliphatic heterocycles. The smallest absolute Gasteiger partial charge is 0.123 e. The van der Waals surface area contributed by atoms with Gasteiger partial charge >= 0.3 is 0 Å². The molecule has 2 N–H and O–H groups in total. The van der Waals surface area contributed by atoms with Crippen molar-refractivity contribution < 1.29 is 4.39 Å². The number of halogens is 1. The maximum absolute atomic E-state index is 12.9. The first kappa shape index (κ1) is 12.2. The van der Waals surface area contributed by atoms with E-state index in [1.165, 1.54) is 12.1 Å². The molecule has 3 nitrogen and oxygen atoms in total. The summed E-state index contributed by atoms with van der Waals surface area (Å²) in [6.45, 7) is 2.64. The van der Waals surface area contributed by atoms with Gasteiger partial charge in [-0.2, -0.15) is 0 Å². The molecule has 0 aliphatic carbocycles. The van der Waals surface area contributed by atoms with Gasteiger partial charge in [-0.3, -0.25) is 4.99 Å². The van der Waals surface area contributed by atoms with E-state index in [4.69, 9.17) is 5.73 Å². The van der Waals surface area contributed by atoms with Crippen LogP contribution in [0.1, 0.15) is 12.8 Å². The number of allylic oxidation sites excluding steroid dienone is 1. The lowest BCUT2D eigenvalue weighted by molar-refractivity contribution is 0.503. The van der Waals surface area contributed by atoms with Crippen molar-refractivity contribution in [1.29, 1.82) is 0 Å². The SMILES string of the molecule is NC1=CC(C2CCN(c3ccc(F)cc3)CC2)=NC1. The van der Waals surface area contributed by atoms with Crippen molar-refractivity contribution in [2.45, 2.75) is 12.8 Å².